The molecule has 14 rings (SSSR count). The molecule has 2 atom stereocenters. The molecular weight excluding hydrogens is 1360 g/mol. The van der Waals surface area contributed by atoms with Crippen LogP contribution in [0.15, 0.2) is 158 Å². The summed E-state index contributed by atoms with van der Waals surface area (Å²) in [7, 11) is 0. The Labute approximate surface area is 653 Å². The van der Waals surface area contributed by atoms with Crippen LogP contribution in [0.25, 0.3) is 108 Å². The number of carboxylic acid groups (broad SMARTS) is 1. The molecule has 564 valence electrons. The van der Waals surface area contributed by atoms with E-state index in [1.807, 2.05) is 23.5 Å². The Balaban J connectivity index is 0.988. The van der Waals surface area contributed by atoms with Crippen molar-refractivity contribution in [1.29, 1.82) is 0 Å². The molecule has 0 radical (unpaired) electrons. The highest BCUT2D eigenvalue weighted by Crippen LogP contribution is 2.61. The van der Waals surface area contributed by atoms with Gasteiger partial charge in [-0.05, 0) is 183 Å². The monoisotopic (exact) mass is 1470 g/mol. The van der Waals surface area contributed by atoms with Crippen molar-refractivity contribution in [1.82, 2.24) is 13.3 Å². The minimum Gasteiger partial charge on any atom is -0.493 e. The highest BCUT2D eigenvalue weighted by molar-refractivity contribution is 7.19. The van der Waals surface area contributed by atoms with Crippen LogP contribution >= 0.6 is 23.1 Å². The van der Waals surface area contributed by atoms with E-state index in [0.717, 1.165) is 64.3 Å². The van der Waals surface area contributed by atoms with E-state index in [1.54, 1.807) is 12.1 Å². The van der Waals surface area contributed by atoms with Crippen LogP contribution in [0.4, 0.5) is 0 Å². The number of unbranched alkanes of at least 4 members (excludes halogenated alkanes) is 22. The van der Waals surface area contributed by atoms with E-state index < -0.39 is 11.4 Å². The maximum absolute atomic E-state index is 11.9. The van der Waals surface area contributed by atoms with E-state index in [0.29, 0.717) is 11.8 Å². The molecule has 10 aromatic carbocycles. The summed E-state index contributed by atoms with van der Waals surface area (Å²) in [6.07, 6.45) is 43.0. The number of fused-ring (bicyclic) bond motifs is 4. The number of carboxylic acids is 1. The maximum Gasteiger partial charge on any atom is 0.335 e. The maximum atomic E-state index is 11.9. The minimum atomic E-state index is -0.934. The number of aryl methyl sites for hydroxylation is 2. The second-order valence-electron chi connectivity index (χ2n) is 32.4. The van der Waals surface area contributed by atoms with Crippen molar-refractivity contribution in [3.8, 4) is 48.9 Å². The summed E-state index contributed by atoms with van der Waals surface area (Å²) in [6, 6.07) is 61.3. The minimum absolute atomic E-state index is 0.266. The van der Waals surface area contributed by atoms with Crippen molar-refractivity contribution in [3.63, 3.8) is 0 Å². The third-order valence-electron chi connectivity index (χ3n) is 24.8. The zero-order valence-electron chi connectivity index (χ0n) is 66.0. The van der Waals surface area contributed by atoms with Crippen molar-refractivity contribution in [3.05, 3.63) is 197 Å². The topological polar surface area (TPSA) is 77.2 Å². The molecule has 2 unspecified atom stereocenters. The number of hydrogen-bond donors (Lipinski definition) is 1. The van der Waals surface area contributed by atoms with Gasteiger partial charge in [0.15, 0.2) is 0 Å². The molecule has 1 aliphatic rings. The first-order valence-electron chi connectivity index (χ1n) is 42.9. The molecule has 1 N–H and O–H groups in total. The van der Waals surface area contributed by atoms with Crippen LogP contribution in [-0.2, 0) is 24.8 Å². The van der Waals surface area contributed by atoms with E-state index in [2.05, 4.69) is 180 Å². The van der Waals surface area contributed by atoms with Crippen LogP contribution < -0.4 is 4.74 Å². The molecule has 13 aromatic rings. The lowest BCUT2D eigenvalue weighted by molar-refractivity contribution is 0.0696. The number of carbonyl (C=O) groups is 1. The van der Waals surface area contributed by atoms with Gasteiger partial charge in [-0.15, -0.1) is 11.3 Å². The molecule has 0 aliphatic heterocycles. The first-order chi connectivity index (χ1) is 53.2. The van der Waals surface area contributed by atoms with Gasteiger partial charge in [0.2, 0.25) is 0 Å². The third-order valence-corrected chi connectivity index (χ3v) is 26.5. The average Bonchev–Trinajstić information content (AvgIpc) is 1.33. The average molecular weight is 1480 g/mol. The molecular formula is C100H119N3O3S2. The van der Waals surface area contributed by atoms with Gasteiger partial charge in [-0.25, -0.2) is 4.79 Å². The lowest BCUT2D eigenvalue weighted by Crippen LogP contribution is -2.34. The zero-order valence-corrected chi connectivity index (χ0v) is 67.7. The molecule has 108 heavy (non-hydrogen) atoms. The number of benzene rings is 10. The van der Waals surface area contributed by atoms with Crippen molar-refractivity contribution in [2.45, 2.75) is 272 Å². The van der Waals surface area contributed by atoms with Gasteiger partial charge in [0.05, 0.1) is 40.3 Å². The van der Waals surface area contributed by atoms with Crippen LogP contribution in [-0.4, -0.2) is 31.0 Å². The lowest BCUT2D eigenvalue weighted by atomic mass is 9.59. The number of aromatic carboxylic acids is 1. The summed E-state index contributed by atoms with van der Waals surface area (Å²) >= 11 is 3.09. The molecule has 3 aromatic heterocycles. The normalized spacial score (nSPS) is 13.4. The fourth-order valence-corrected chi connectivity index (χ4v) is 20.5. The Hall–Kier alpha value is -7.91. The van der Waals surface area contributed by atoms with Crippen LogP contribution in [0.3, 0.4) is 0 Å². The molecule has 0 fully saturated rings. The van der Waals surface area contributed by atoms with E-state index in [1.165, 1.54) is 326 Å². The van der Waals surface area contributed by atoms with Gasteiger partial charge in [0.1, 0.15) is 16.8 Å². The first-order valence-corrected chi connectivity index (χ1v) is 44.4. The van der Waals surface area contributed by atoms with Gasteiger partial charge in [-0.3, -0.25) is 0 Å². The van der Waals surface area contributed by atoms with Crippen LogP contribution in [0.5, 0.6) is 5.75 Å². The van der Waals surface area contributed by atoms with E-state index >= 15 is 0 Å². The molecule has 0 saturated carbocycles. The van der Waals surface area contributed by atoms with E-state index in [-0.39, 0.29) is 5.56 Å². The molecule has 3 heterocycles. The highest BCUT2D eigenvalue weighted by atomic mass is 32.1. The van der Waals surface area contributed by atoms with Gasteiger partial charge < -0.3 is 14.4 Å². The van der Waals surface area contributed by atoms with E-state index in [9.17, 15) is 9.90 Å². The molecule has 8 heteroatoms. The summed E-state index contributed by atoms with van der Waals surface area (Å²) < 4.78 is 20.1. The summed E-state index contributed by atoms with van der Waals surface area (Å²) in [5, 5.41) is 20.7. The molecule has 6 nitrogen and oxygen atoms in total. The first kappa shape index (κ1) is 76.8. The van der Waals surface area contributed by atoms with Gasteiger partial charge in [0.25, 0.3) is 0 Å². The summed E-state index contributed by atoms with van der Waals surface area (Å²) in [5.41, 5.74) is 19.0. The predicted octanol–water partition coefficient (Wildman–Crippen LogP) is 30.6. The third kappa shape index (κ3) is 16.2. The standard InChI is InChI=1S/C100H119N3O3S2/c1-7-13-19-25-27-33-39-71(38-31-23-17-11-5)67-103-88-65-84(91-63-62-90(107-91)83-59-58-78(97-98(83)102-108-101-97)73-48-50-74(51-49-73)99(104)105)81-43-35-42-80-82-60-61-86-93-85(66-89(103)96(94(82)93)95(88)92(80)81)79-57-56-77(106-68-72(40-32-24-18-12-6)41-34-28-26-20-14-8-2)64-87(79)100(86,75-52-44-69(45-53-75)36-29-21-15-9-3)76-54-46-70(47-55-76)37-30-22-16-10-4/h35,42-66,71-72H,7-34,36-41,67-68H2,1-6H3,(H,104,105). The molecule has 0 saturated heterocycles. The lowest BCUT2D eigenvalue weighted by Gasteiger charge is -2.43. The quantitative estimate of drug-likeness (QED) is 0.0234. The Kier molecular flexibility index (Phi) is 26.1. The summed E-state index contributed by atoms with van der Waals surface area (Å²) in [6.45, 7) is 15.7. The molecule has 0 amide bonds. The van der Waals surface area contributed by atoms with Crippen molar-refractivity contribution >= 4 is 94.2 Å². The number of ether oxygens (including phenoxy) is 1. The molecule has 0 spiro atoms. The highest BCUT2D eigenvalue weighted by Gasteiger charge is 2.46. The fourth-order valence-electron chi connectivity index (χ4n) is 18.9. The Morgan fingerprint density at radius 3 is 1.48 bits per heavy atom. The second kappa shape index (κ2) is 36.7. The molecule has 1 aliphatic carbocycles. The smallest absolute Gasteiger partial charge is 0.335 e. The van der Waals surface area contributed by atoms with Gasteiger partial charge in [-0.1, -0.05) is 318 Å². The summed E-state index contributed by atoms with van der Waals surface area (Å²) in [4.78, 5) is 14.3. The SMILES string of the molecule is CCCCCCCCC(CCCCCC)COc1ccc2c(c1)C(c1ccc(CCCCCC)cc1)(c1ccc(CCCCCC)cc1)c1ccc3c4cccc5c(-c6ccc(-c7ccc(-c8ccc(C(=O)O)cc8)c8nsnc78)s6)cc6c(c54)c4c3c1c-2cc4n6CC(CCCCCC)CCCCCCCC. The number of hydrogen-bond acceptors (Lipinski definition) is 6. The van der Waals surface area contributed by atoms with Crippen LogP contribution in [0, 0.1) is 11.8 Å². The van der Waals surface area contributed by atoms with Crippen molar-refractivity contribution < 1.29 is 14.6 Å². The Morgan fingerprint density at radius 2 is 0.898 bits per heavy atom. The zero-order chi connectivity index (χ0) is 74.4. The van der Waals surface area contributed by atoms with E-state index in [4.69, 9.17) is 13.5 Å². The largest absolute Gasteiger partial charge is 0.493 e. The number of aromatic nitrogens is 3. The van der Waals surface area contributed by atoms with Gasteiger partial charge >= 0.3 is 5.97 Å². The number of rotatable bonds is 45. The number of nitrogens with zero attached hydrogens (tertiary/aromatic N) is 3. The van der Waals surface area contributed by atoms with Crippen molar-refractivity contribution in [2.75, 3.05) is 6.61 Å². The van der Waals surface area contributed by atoms with Crippen LogP contribution in [0.1, 0.15) is 291 Å². The van der Waals surface area contributed by atoms with Crippen molar-refractivity contribution in [2.24, 2.45) is 11.8 Å². The fraction of sp³-hybridized carbons (Fsp3) is 0.450. The molecule has 0 bridgehead atoms. The Morgan fingerprint density at radius 1 is 0.417 bits per heavy atom. The van der Waals surface area contributed by atoms with Crippen LogP contribution in [0.2, 0.25) is 0 Å². The van der Waals surface area contributed by atoms with Gasteiger partial charge in [-0.2, -0.15) is 8.75 Å². The summed E-state index contributed by atoms with van der Waals surface area (Å²) in [5.74, 6) is 1.11. The predicted molar refractivity (Wildman–Crippen MR) is 465 cm³/mol. The Bertz CT molecular complexity index is 5000. The number of thiophene rings is 1. The second-order valence-corrected chi connectivity index (χ2v) is 34.0. The van der Waals surface area contributed by atoms with Gasteiger partial charge in [0, 0.05) is 54.5 Å².